The van der Waals surface area contributed by atoms with Crippen LogP contribution in [0.5, 0.6) is 0 Å². The van der Waals surface area contributed by atoms with Crippen molar-refractivity contribution in [1.29, 1.82) is 0 Å². The smallest absolute Gasteiger partial charge is 0.210 e. The van der Waals surface area contributed by atoms with Gasteiger partial charge in [-0.2, -0.15) is 0 Å². The average Bonchev–Trinajstić information content (AvgIpc) is 2.27. The first kappa shape index (κ1) is 12.9. The molecule has 0 aliphatic carbocycles. The fourth-order valence-corrected chi connectivity index (χ4v) is 1.51. The van der Waals surface area contributed by atoms with Gasteiger partial charge < -0.3 is 5.32 Å². The van der Waals surface area contributed by atoms with E-state index in [0.717, 1.165) is 6.42 Å². The number of hydrazine groups is 1. The summed E-state index contributed by atoms with van der Waals surface area (Å²) in [5, 5.41) is 2.96. The maximum absolute atomic E-state index is 12.8. The normalized spacial score (nSPS) is 11.4. The summed E-state index contributed by atoms with van der Waals surface area (Å²) < 4.78 is 13.5. The van der Waals surface area contributed by atoms with Crippen LogP contribution in [0.3, 0.4) is 0 Å². The Balaban J connectivity index is 2.78. The molecule has 1 aromatic rings. The first-order valence-electron chi connectivity index (χ1n) is 4.90. The van der Waals surface area contributed by atoms with Gasteiger partial charge in [-0.1, -0.05) is 6.92 Å². The van der Waals surface area contributed by atoms with Crippen LogP contribution in [-0.4, -0.2) is 12.5 Å². The van der Waals surface area contributed by atoms with E-state index in [1.165, 1.54) is 12.1 Å². The summed E-state index contributed by atoms with van der Waals surface area (Å²) in [4.78, 5) is 4.17. The molecule has 4 nitrogen and oxygen atoms in total. The number of nitrogens with two attached hydrogens (primary N) is 1. The van der Waals surface area contributed by atoms with Crippen LogP contribution >= 0.6 is 15.9 Å². The molecule has 0 spiro atoms. The Kier molecular flexibility index (Phi) is 5.21. The third kappa shape index (κ3) is 3.79. The predicted octanol–water partition coefficient (Wildman–Crippen LogP) is 2.23. The number of nitrogens with one attached hydrogen (secondary N) is 2. The highest BCUT2D eigenvalue weighted by atomic mass is 79.9. The summed E-state index contributed by atoms with van der Waals surface area (Å²) in [5.74, 6) is 5.46. The largest absolute Gasteiger partial charge is 0.324 e. The molecule has 4 N–H and O–H groups in total. The SMILES string of the molecule is CCCN=C(NN)Nc1ccc(F)cc1Br. The fraction of sp³-hybridized carbons (Fsp3) is 0.300. The molecule has 88 valence electrons. The molecule has 16 heavy (non-hydrogen) atoms. The molecule has 0 aliphatic heterocycles. The molecule has 0 saturated heterocycles. The van der Waals surface area contributed by atoms with E-state index in [1.54, 1.807) is 6.07 Å². The molecular formula is C10H14BrFN4. The molecule has 0 heterocycles. The van der Waals surface area contributed by atoms with Gasteiger partial charge in [0.1, 0.15) is 5.82 Å². The molecular weight excluding hydrogens is 275 g/mol. The van der Waals surface area contributed by atoms with Crippen molar-refractivity contribution in [1.82, 2.24) is 5.43 Å². The molecule has 6 heteroatoms. The highest BCUT2D eigenvalue weighted by molar-refractivity contribution is 9.10. The lowest BCUT2D eigenvalue weighted by molar-refractivity contribution is 0.627. The molecule has 1 rings (SSSR count). The number of rotatable bonds is 3. The number of halogens is 2. The Morgan fingerprint density at radius 3 is 2.88 bits per heavy atom. The molecule has 0 atom stereocenters. The number of nitrogens with zero attached hydrogens (tertiary/aromatic N) is 1. The monoisotopic (exact) mass is 288 g/mol. The second-order valence-corrected chi connectivity index (χ2v) is 3.98. The van der Waals surface area contributed by atoms with Gasteiger partial charge in [-0.05, 0) is 40.5 Å². The van der Waals surface area contributed by atoms with E-state index in [0.29, 0.717) is 22.7 Å². The molecule has 1 aromatic carbocycles. The zero-order valence-electron chi connectivity index (χ0n) is 8.93. The quantitative estimate of drug-likeness (QED) is 0.346. The Hall–Kier alpha value is -1.14. The molecule has 0 unspecified atom stereocenters. The molecule has 0 fully saturated rings. The lowest BCUT2D eigenvalue weighted by Gasteiger charge is -2.10. The van der Waals surface area contributed by atoms with Crippen LogP contribution in [0.1, 0.15) is 13.3 Å². The van der Waals surface area contributed by atoms with Gasteiger partial charge in [-0.15, -0.1) is 0 Å². The van der Waals surface area contributed by atoms with Gasteiger partial charge in [0.2, 0.25) is 5.96 Å². The average molecular weight is 289 g/mol. The van der Waals surface area contributed by atoms with Crippen molar-refractivity contribution in [2.75, 3.05) is 11.9 Å². The van der Waals surface area contributed by atoms with Crippen molar-refractivity contribution in [2.45, 2.75) is 13.3 Å². The third-order valence-electron chi connectivity index (χ3n) is 1.81. The lowest BCUT2D eigenvalue weighted by Crippen LogP contribution is -2.36. The number of aliphatic imine (C=N–C) groups is 1. The Bertz CT molecular complexity index is 381. The summed E-state index contributed by atoms with van der Waals surface area (Å²) in [5.41, 5.74) is 3.15. The molecule has 0 saturated carbocycles. The van der Waals surface area contributed by atoms with Crippen molar-refractivity contribution in [3.05, 3.63) is 28.5 Å². The zero-order valence-corrected chi connectivity index (χ0v) is 10.5. The van der Waals surface area contributed by atoms with Gasteiger partial charge >= 0.3 is 0 Å². The number of guanidine groups is 1. The minimum atomic E-state index is -0.301. The van der Waals surface area contributed by atoms with Crippen LogP contribution in [-0.2, 0) is 0 Å². The summed E-state index contributed by atoms with van der Waals surface area (Å²) >= 11 is 3.25. The van der Waals surface area contributed by atoms with Crippen LogP contribution in [0.4, 0.5) is 10.1 Å². The maximum Gasteiger partial charge on any atom is 0.210 e. The van der Waals surface area contributed by atoms with E-state index in [1.807, 2.05) is 6.92 Å². The minimum absolute atomic E-state index is 0.301. The first-order valence-corrected chi connectivity index (χ1v) is 5.69. The van der Waals surface area contributed by atoms with Gasteiger partial charge in [0.05, 0.1) is 5.69 Å². The number of benzene rings is 1. The van der Waals surface area contributed by atoms with E-state index in [9.17, 15) is 4.39 Å². The van der Waals surface area contributed by atoms with Gasteiger partial charge in [-0.3, -0.25) is 10.4 Å². The molecule has 0 aromatic heterocycles. The van der Waals surface area contributed by atoms with Crippen molar-refractivity contribution in [2.24, 2.45) is 10.8 Å². The van der Waals surface area contributed by atoms with Crippen LogP contribution in [0, 0.1) is 5.82 Å². The second-order valence-electron chi connectivity index (χ2n) is 3.12. The van der Waals surface area contributed by atoms with Crippen molar-refractivity contribution >= 4 is 27.6 Å². The van der Waals surface area contributed by atoms with Crippen LogP contribution in [0.2, 0.25) is 0 Å². The highest BCUT2D eigenvalue weighted by Crippen LogP contribution is 2.22. The third-order valence-corrected chi connectivity index (χ3v) is 2.47. The molecule has 0 bridgehead atoms. The van der Waals surface area contributed by atoms with E-state index in [2.05, 4.69) is 31.7 Å². The number of hydrogen-bond acceptors (Lipinski definition) is 2. The van der Waals surface area contributed by atoms with Gasteiger partial charge in [0, 0.05) is 11.0 Å². The minimum Gasteiger partial charge on any atom is -0.324 e. The van der Waals surface area contributed by atoms with E-state index in [-0.39, 0.29) is 5.82 Å². The summed E-state index contributed by atoms with van der Waals surface area (Å²) in [6, 6.07) is 4.34. The topological polar surface area (TPSA) is 62.4 Å². The standard InChI is InChI=1S/C10H14BrFN4/c1-2-5-14-10(16-13)15-9-4-3-7(12)6-8(9)11/h3-4,6H,2,5,13H2,1H3,(H2,14,15,16). The van der Waals surface area contributed by atoms with Gasteiger partial charge in [0.25, 0.3) is 0 Å². The lowest BCUT2D eigenvalue weighted by atomic mass is 10.3. The van der Waals surface area contributed by atoms with E-state index in [4.69, 9.17) is 5.84 Å². The Labute approximate surface area is 102 Å². The predicted molar refractivity (Wildman–Crippen MR) is 67.6 cm³/mol. The second kappa shape index (κ2) is 6.44. The Morgan fingerprint density at radius 1 is 1.56 bits per heavy atom. The van der Waals surface area contributed by atoms with Crippen molar-refractivity contribution < 1.29 is 4.39 Å². The van der Waals surface area contributed by atoms with Crippen LogP contribution in [0.25, 0.3) is 0 Å². The first-order chi connectivity index (χ1) is 7.67. The summed E-state index contributed by atoms with van der Waals surface area (Å²) in [6.45, 7) is 2.69. The van der Waals surface area contributed by atoms with Gasteiger partial charge in [-0.25, -0.2) is 10.2 Å². The summed E-state index contributed by atoms with van der Waals surface area (Å²) in [6.07, 6.45) is 0.928. The Morgan fingerprint density at radius 2 is 2.31 bits per heavy atom. The van der Waals surface area contributed by atoms with Crippen molar-refractivity contribution in [3.8, 4) is 0 Å². The van der Waals surface area contributed by atoms with Crippen LogP contribution in [0.15, 0.2) is 27.7 Å². The molecule has 0 aliphatic rings. The molecule has 0 amide bonds. The van der Waals surface area contributed by atoms with Crippen molar-refractivity contribution in [3.63, 3.8) is 0 Å². The fourth-order valence-electron chi connectivity index (χ4n) is 1.06. The maximum atomic E-state index is 12.8. The van der Waals surface area contributed by atoms with E-state index < -0.39 is 0 Å². The van der Waals surface area contributed by atoms with Crippen LogP contribution < -0.4 is 16.6 Å². The molecule has 0 radical (unpaired) electrons. The summed E-state index contributed by atoms with van der Waals surface area (Å²) in [7, 11) is 0. The highest BCUT2D eigenvalue weighted by Gasteiger charge is 2.03. The van der Waals surface area contributed by atoms with E-state index >= 15 is 0 Å². The van der Waals surface area contributed by atoms with Gasteiger partial charge in [0.15, 0.2) is 0 Å². The zero-order chi connectivity index (χ0) is 12.0. The number of hydrogen-bond donors (Lipinski definition) is 3. The number of anilines is 1.